The van der Waals surface area contributed by atoms with Crippen molar-refractivity contribution in [2.45, 2.75) is 18.9 Å². The minimum absolute atomic E-state index is 0.0338. The molecule has 1 atom stereocenters. The molecular weight excluding hydrogens is 358 g/mol. The first-order chi connectivity index (χ1) is 13.6. The van der Waals surface area contributed by atoms with E-state index in [0.29, 0.717) is 36.0 Å². The van der Waals surface area contributed by atoms with Gasteiger partial charge in [-0.05, 0) is 45.0 Å². The molecule has 2 bridgehead atoms. The minimum atomic E-state index is -0.199. The number of aromatic nitrogens is 1. The molecular formula is C20H25N5O3. The van der Waals surface area contributed by atoms with Crippen molar-refractivity contribution in [1.29, 1.82) is 0 Å². The Morgan fingerprint density at radius 1 is 1.25 bits per heavy atom. The third-order valence-electron chi connectivity index (χ3n) is 6.36. The molecule has 0 saturated carbocycles. The highest BCUT2D eigenvalue weighted by atomic mass is 16.3. The summed E-state index contributed by atoms with van der Waals surface area (Å²) in [5.41, 5.74) is 1.46. The Bertz CT molecular complexity index is 918. The number of piperazine rings is 1. The number of fused-ring (bicyclic) bond motifs is 4. The largest absolute Gasteiger partial charge is 0.460 e. The molecule has 0 aliphatic carbocycles. The van der Waals surface area contributed by atoms with E-state index in [9.17, 15) is 9.59 Å². The maximum atomic E-state index is 13.0. The average molecular weight is 383 g/mol. The van der Waals surface area contributed by atoms with Gasteiger partial charge in [-0.25, -0.2) is 4.98 Å². The van der Waals surface area contributed by atoms with Crippen LogP contribution in [0.15, 0.2) is 22.9 Å². The van der Waals surface area contributed by atoms with E-state index in [1.807, 2.05) is 18.0 Å². The average Bonchev–Trinajstić information content (AvgIpc) is 3.13. The fraction of sp³-hybridized carbons (Fsp3) is 0.550. The topological polar surface area (TPSA) is 81.9 Å². The first kappa shape index (κ1) is 17.6. The van der Waals surface area contributed by atoms with Crippen molar-refractivity contribution in [3.05, 3.63) is 24.2 Å². The third-order valence-corrected chi connectivity index (χ3v) is 6.36. The van der Waals surface area contributed by atoms with Crippen LogP contribution in [0.1, 0.15) is 23.3 Å². The second-order valence-corrected chi connectivity index (χ2v) is 8.16. The molecule has 8 nitrogen and oxygen atoms in total. The number of anilines is 1. The summed E-state index contributed by atoms with van der Waals surface area (Å²) in [6.45, 7) is 4.96. The van der Waals surface area contributed by atoms with Gasteiger partial charge in [0.2, 0.25) is 5.91 Å². The van der Waals surface area contributed by atoms with E-state index >= 15 is 0 Å². The van der Waals surface area contributed by atoms with E-state index in [-0.39, 0.29) is 17.9 Å². The maximum Gasteiger partial charge on any atom is 0.274 e. The van der Waals surface area contributed by atoms with Crippen molar-refractivity contribution in [3.8, 4) is 0 Å². The molecule has 6 rings (SSSR count). The van der Waals surface area contributed by atoms with Crippen LogP contribution < -0.4 is 10.2 Å². The molecule has 1 N–H and O–H groups in total. The number of carbonyl (C=O) groups is 2. The molecule has 28 heavy (non-hydrogen) atoms. The summed E-state index contributed by atoms with van der Waals surface area (Å²) in [5.74, 6) is 0.379. The molecule has 0 aromatic carbocycles. The minimum Gasteiger partial charge on any atom is -0.460 e. The van der Waals surface area contributed by atoms with Crippen LogP contribution in [0.5, 0.6) is 0 Å². The normalized spacial score (nSPS) is 28.1. The summed E-state index contributed by atoms with van der Waals surface area (Å²) in [7, 11) is 1.93. The van der Waals surface area contributed by atoms with Crippen molar-refractivity contribution >= 4 is 28.5 Å². The van der Waals surface area contributed by atoms with Gasteiger partial charge in [-0.2, -0.15) is 0 Å². The van der Waals surface area contributed by atoms with Crippen LogP contribution in [0.4, 0.5) is 5.69 Å². The van der Waals surface area contributed by atoms with E-state index in [1.165, 1.54) is 0 Å². The SMILES string of the molecule is CN1CCN(c2coc3c(C(=O)N[C@H]4CN5CCC4CC5)nccc23)C(=O)C1. The Labute approximate surface area is 163 Å². The Balaban J connectivity index is 1.41. The number of likely N-dealkylation sites (N-methyl/N-ethyl adjacent to an activating group) is 1. The monoisotopic (exact) mass is 383 g/mol. The third kappa shape index (κ3) is 2.97. The van der Waals surface area contributed by atoms with E-state index in [0.717, 1.165) is 44.4 Å². The Morgan fingerprint density at radius 3 is 2.79 bits per heavy atom. The molecule has 2 amide bonds. The Morgan fingerprint density at radius 2 is 2.07 bits per heavy atom. The second-order valence-electron chi connectivity index (χ2n) is 8.16. The van der Waals surface area contributed by atoms with Gasteiger partial charge >= 0.3 is 0 Å². The predicted molar refractivity (Wildman–Crippen MR) is 104 cm³/mol. The lowest BCUT2D eigenvalue weighted by molar-refractivity contribution is -0.120. The van der Waals surface area contributed by atoms with Crippen LogP contribution in [-0.2, 0) is 4.79 Å². The predicted octanol–water partition coefficient (Wildman–Crippen LogP) is 0.930. The number of hydrogen-bond donors (Lipinski definition) is 1. The van der Waals surface area contributed by atoms with Gasteiger partial charge in [-0.15, -0.1) is 0 Å². The molecule has 0 spiro atoms. The summed E-state index contributed by atoms with van der Waals surface area (Å²) in [6, 6.07) is 1.98. The van der Waals surface area contributed by atoms with Crippen molar-refractivity contribution in [2.75, 3.05) is 51.2 Å². The van der Waals surface area contributed by atoms with Gasteiger partial charge < -0.3 is 19.5 Å². The van der Waals surface area contributed by atoms with Crippen molar-refractivity contribution < 1.29 is 14.0 Å². The van der Waals surface area contributed by atoms with Gasteiger partial charge in [0.15, 0.2) is 11.3 Å². The quantitative estimate of drug-likeness (QED) is 0.849. The molecule has 2 aromatic heterocycles. The van der Waals surface area contributed by atoms with Gasteiger partial charge in [-0.3, -0.25) is 14.5 Å². The zero-order valence-electron chi connectivity index (χ0n) is 16.1. The molecule has 4 aliphatic heterocycles. The second kappa shape index (κ2) is 6.86. The Kier molecular flexibility index (Phi) is 4.32. The van der Waals surface area contributed by atoms with E-state index in [4.69, 9.17) is 4.42 Å². The number of piperidine rings is 3. The summed E-state index contributed by atoms with van der Waals surface area (Å²) in [4.78, 5) is 35.8. The fourth-order valence-electron chi connectivity index (χ4n) is 4.73. The first-order valence-electron chi connectivity index (χ1n) is 9.98. The molecule has 4 fully saturated rings. The zero-order valence-corrected chi connectivity index (χ0v) is 16.1. The number of amides is 2. The van der Waals surface area contributed by atoms with E-state index in [1.54, 1.807) is 17.4 Å². The fourth-order valence-corrected chi connectivity index (χ4v) is 4.73. The van der Waals surface area contributed by atoms with E-state index in [2.05, 4.69) is 15.2 Å². The van der Waals surface area contributed by atoms with Crippen LogP contribution in [0.2, 0.25) is 0 Å². The van der Waals surface area contributed by atoms with Crippen LogP contribution >= 0.6 is 0 Å². The number of pyridine rings is 1. The highest BCUT2D eigenvalue weighted by Crippen LogP contribution is 2.32. The van der Waals surface area contributed by atoms with Gasteiger partial charge in [0.05, 0.1) is 12.2 Å². The maximum absolute atomic E-state index is 13.0. The lowest BCUT2D eigenvalue weighted by atomic mass is 9.84. The molecule has 2 aromatic rings. The van der Waals surface area contributed by atoms with Crippen LogP contribution in [-0.4, -0.2) is 79.0 Å². The summed E-state index contributed by atoms with van der Waals surface area (Å²) in [6.07, 6.45) is 5.46. The first-order valence-corrected chi connectivity index (χ1v) is 9.98. The van der Waals surface area contributed by atoms with Gasteiger partial charge in [0.25, 0.3) is 5.91 Å². The molecule has 0 unspecified atom stereocenters. The molecule has 8 heteroatoms. The summed E-state index contributed by atoms with van der Waals surface area (Å²) >= 11 is 0. The van der Waals surface area contributed by atoms with Gasteiger partial charge in [-0.1, -0.05) is 0 Å². The van der Waals surface area contributed by atoms with Gasteiger partial charge in [0, 0.05) is 37.3 Å². The molecule has 4 aliphatic rings. The van der Waals surface area contributed by atoms with E-state index < -0.39 is 0 Å². The van der Waals surface area contributed by atoms with Crippen molar-refractivity contribution in [2.24, 2.45) is 5.92 Å². The molecule has 0 radical (unpaired) electrons. The highest BCUT2D eigenvalue weighted by Gasteiger charge is 2.35. The number of hydrogen-bond acceptors (Lipinski definition) is 6. The number of carbonyl (C=O) groups excluding carboxylic acids is 2. The highest BCUT2D eigenvalue weighted by molar-refractivity contribution is 6.09. The lowest BCUT2D eigenvalue weighted by Crippen LogP contribution is -2.57. The number of nitrogens with one attached hydrogen (secondary N) is 1. The standard InChI is InChI=1S/C20H25N5O3/c1-23-8-9-25(17(26)11-23)16-12-28-19-14(16)2-5-21-18(19)20(27)22-15-10-24-6-3-13(15)4-7-24/h2,5,12-13,15H,3-4,6-11H2,1H3,(H,22,27)/t15-/m0/s1. The van der Waals surface area contributed by atoms with Crippen LogP contribution in [0.25, 0.3) is 11.0 Å². The van der Waals surface area contributed by atoms with Crippen LogP contribution in [0.3, 0.4) is 0 Å². The van der Waals surface area contributed by atoms with Crippen LogP contribution in [0, 0.1) is 5.92 Å². The Hall–Kier alpha value is -2.45. The number of nitrogens with zero attached hydrogens (tertiary/aromatic N) is 4. The summed E-state index contributed by atoms with van der Waals surface area (Å²) < 4.78 is 5.74. The summed E-state index contributed by atoms with van der Waals surface area (Å²) in [5, 5.41) is 3.93. The molecule has 4 saturated heterocycles. The molecule has 148 valence electrons. The number of furan rings is 1. The lowest BCUT2D eigenvalue weighted by Gasteiger charge is -2.44. The van der Waals surface area contributed by atoms with Crippen molar-refractivity contribution in [3.63, 3.8) is 0 Å². The zero-order chi connectivity index (χ0) is 19.3. The van der Waals surface area contributed by atoms with Crippen molar-refractivity contribution in [1.82, 2.24) is 20.1 Å². The molecule has 6 heterocycles. The number of rotatable bonds is 3. The smallest absolute Gasteiger partial charge is 0.274 e. The van der Waals surface area contributed by atoms with Gasteiger partial charge in [0.1, 0.15) is 6.26 Å².